The molecule has 3 N–H and O–H groups in total. The van der Waals surface area contributed by atoms with Crippen molar-refractivity contribution in [3.05, 3.63) is 27.8 Å². The molecule has 0 spiro atoms. The Kier molecular flexibility index (Phi) is 5.32. The predicted molar refractivity (Wildman–Crippen MR) is 78.4 cm³/mol. The molecule has 6 heteroatoms. The van der Waals surface area contributed by atoms with E-state index in [4.69, 9.17) is 10.2 Å². The van der Waals surface area contributed by atoms with Crippen LogP contribution in [0.2, 0.25) is 0 Å². The molecule has 0 fully saturated rings. The van der Waals surface area contributed by atoms with Gasteiger partial charge in [0, 0.05) is 0 Å². The van der Waals surface area contributed by atoms with Gasteiger partial charge < -0.3 is 10.2 Å². The number of benzene rings is 1. The van der Waals surface area contributed by atoms with Gasteiger partial charge in [-0.05, 0) is 62.4 Å². The molecule has 114 valence electrons. The highest BCUT2D eigenvalue weighted by atomic mass is 32.2. The van der Waals surface area contributed by atoms with Crippen molar-refractivity contribution in [2.45, 2.75) is 45.6 Å². The van der Waals surface area contributed by atoms with Crippen molar-refractivity contribution in [1.82, 2.24) is 4.72 Å². The van der Waals surface area contributed by atoms with Crippen molar-refractivity contribution < 1.29 is 18.6 Å². The fraction of sp³-hybridized carbons (Fsp3) is 0.571. The van der Waals surface area contributed by atoms with E-state index in [1.807, 2.05) is 20.8 Å². The zero-order valence-electron chi connectivity index (χ0n) is 12.6. The van der Waals surface area contributed by atoms with E-state index in [-0.39, 0.29) is 4.90 Å². The largest absolute Gasteiger partial charge is 0.395 e. The maximum absolute atomic E-state index is 12.5. The Hall–Kier alpha value is -0.950. The SMILES string of the molecule is Cc1c(C)c(C)c(S(=O)(=O)NC(CO)CO)c(C)c1C. The standard InChI is InChI=1S/C14H23NO4S/c1-8-9(2)11(4)14(12(5)10(8)3)20(18,19)15-13(6-16)7-17/h13,15-17H,6-7H2,1-5H3. The summed E-state index contributed by atoms with van der Waals surface area (Å²) in [5, 5.41) is 18.1. The summed E-state index contributed by atoms with van der Waals surface area (Å²) in [7, 11) is -3.78. The average Bonchev–Trinajstić information content (AvgIpc) is 2.40. The fourth-order valence-electron chi connectivity index (χ4n) is 2.28. The highest BCUT2D eigenvalue weighted by molar-refractivity contribution is 7.89. The molecule has 5 nitrogen and oxygen atoms in total. The van der Waals surface area contributed by atoms with Gasteiger partial charge in [0.15, 0.2) is 0 Å². The van der Waals surface area contributed by atoms with Crippen LogP contribution in [0.15, 0.2) is 4.90 Å². The smallest absolute Gasteiger partial charge is 0.241 e. The molecular formula is C14H23NO4S. The van der Waals surface area contributed by atoms with E-state index in [0.717, 1.165) is 16.7 Å². The maximum atomic E-state index is 12.5. The molecule has 0 aliphatic rings. The quantitative estimate of drug-likeness (QED) is 0.753. The summed E-state index contributed by atoms with van der Waals surface area (Å²) in [4.78, 5) is 0.241. The second-order valence-electron chi connectivity index (χ2n) is 5.14. The van der Waals surface area contributed by atoms with Crippen LogP contribution in [-0.4, -0.2) is 37.9 Å². The molecule has 0 atom stereocenters. The van der Waals surface area contributed by atoms with Crippen molar-refractivity contribution in [3.63, 3.8) is 0 Å². The van der Waals surface area contributed by atoms with Crippen molar-refractivity contribution in [1.29, 1.82) is 0 Å². The van der Waals surface area contributed by atoms with Crippen LogP contribution in [0.25, 0.3) is 0 Å². The second-order valence-corrected chi connectivity index (χ2v) is 6.79. The summed E-state index contributed by atoms with van der Waals surface area (Å²) in [5.41, 5.74) is 4.37. The first-order valence-electron chi connectivity index (χ1n) is 6.48. The van der Waals surface area contributed by atoms with E-state index in [9.17, 15) is 8.42 Å². The molecule has 0 unspecified atom stereocenters. The van der Waals surface area contributed by atoms with E-state index < -0.39 is 29.3 Å². The molecule has 0 saturated carbocycles. The van der Waals surface area contributed by atoms with Gasteiger partial charge in [-0.3, -0.25) is 0 Å². The lowest BCUT2D eigenvalue weighted by Crippen LogP contribution is -2.40. The molecule has 1 rings (SSSR count). The van der Waals surface area contributed by atoms with Crippen LogP contribution in [0.3, 0.4) is 0 Å². The van der Waals surface area contributed by atoms with Crippen LogP contribution in [-0.2, 0) is 10.0 Å². The number of rotatable bonds is 5. The number of aliphatic hydroxyl groups excluding tert-OH is 2. The third kappa shape index (κ3) is 3.03. The number of aliphatic hydroxyl groups is 2. The van der Waals surface area contributed by atoms with Gasteiger partial charge in [-0.25, -0.2) is 13.1 Å². The normalized spacial score (nSPS) is 12.2. The Morgan fingerprint density at radius 1 is 0.850 bits per heavy atom. The third-order valence-corrected chi connectivity index (χ3v) is 5.76. The average molecular weight is 301 g/mol. The first-order valence-corrected chi connectivity index (χ1v) is 7.96. The highest BCUT2D eigenvalue weighted by Crippen LogP contribution is 2.29. The van der Waals surface area contributed by atoms with Crippen molar-refractivity contribution in [3.8, 4) is 0 Å². The summed E-state index contributed by atoms with van der Waals surface area (Å²) < 4.78 is 27.3. The highest BCUT2D eigenvalue weighted by Gasteiger charge is 2.25. The molecule has 0 aliphatic carbocycles. The van der Waals surface area contributed by atoms with Crippen molar-refractivity contribution in [2.75, 3.05) is 13.2 Å². The number of hydrogen-bond acceptors (Lipinski definition) is 4. The topological polar surface area (TPSA) is 86.6 Å². The first kappa shape index (κ1) is 17.1. The molecule has 1 aromatic rings. The zero-order chi connectivity index (χ0) is 15.7. The number of nitrogens with one attached hydrogen (secondary N) is 1. The van der Waals surface area contributed by atoms with Crippen LogP contribution in [0, 0.1) is 34.6 Å². The molecular weight excluding hydrogens is 278 g/mol. The minimum Gasteiger partial charge on any atom is -0.395 e. The lowest BCUT2D eigenvalue weighted by molar-refractivity contribution is 0.185. The monoisotopic (exact) mass is 301 g/mol. The molecule has 0 aromatic heterocycles. The molecule has 0 saturated heterocycles. The Bertz CT molecular complexity index is 575. The van der Waals surface area contributed by atoms with Gasteiger partial charge in [0.1, 0.15) is 0 Å². The van der Waals surface area contributed by atoms with E-state index in [0.29, 0.717) is 11.1 Å². The summed E-state index contributed by atoms with van der Waals surface area (Å²) in [5.74, 6) is 0. The lowest BCUT2D eigenvalue weighted by atomic mass is 9.95. The van der Waals surface area contributed by atoms with E-state index in [1.165, 1.54) is 0 Å². The van der Waals surface area contributed by atoms with E-state index in [1.54, 1.807) is 13.8 Å². The van der Waals surface area contributed by atoms with E-state index in [2.05, 4.69) is 4.72 Å². The summed E-state index contributed by atoms with van der Waals surface area (Å²) in [6, 6.07) is -0.888. The Morgan fingerprint density at radius 2 is 1.20 bits per heavy atom. The van der Waals surface area contributed by atoms with Gasteiger partial charge in [0.05, 0.1) is 24.2 Å². The van der Waals surface area contributed by atoms with Crippen molar-refractivity contribution >= 4 is 10.0 Å². The van der Waals surface area contributed by atoms with Gasteiger partial charge in [-0.1, -0.05) is 0 Å². The van der Waals surface area contributed by atoms with Gasteiger partial charge in [-0.2, -0.15) is 0 Å². The second kappa shape index (κ2) is 6.22. The maximum Gasteiger partial charge on any atom is 0.241 e. The fourth-order valence-corrected chi connectivity index (χ4v) is 4.10. The minimum absolute atomic E-state index is 0.241. The van der Waals surface area contributed by atoms with Gasteiger partial charge in [0.25, 0.3) is 0 Å². The van der Waals surface area contributed by atoms with Crippen LogP contribution < -0.4 is 4.72 Å². The zero-order valence-corrected chi connectivity index (χ0v) is 13.4. The number of sulfonamides is 1. The van der Waals surface area contributed by atoms with Crippen LogP contribution in [0.5, 0.6) is 0 Å². The Labute approximate surface area is 120 Å². The first-order chi connectivity index (χ1) is 9.17. The van der Waals surface area contributed by atoms with Gasteiger partial charge in [-0.15, -0.1) is 0 Å². The predicted octanol–water partition coefficient (Wildman–Crippen LogP) is 0.860. The van der Waals surface area contributed by atoms with Crippen molar-refractivity contribution in [2.24, 2.45) is 0 Å². The molecule has 0 amide bonds. The van der Waals surface area contributed by atoms with Crippen LogP contribution in [0.4, 0.5) is 0 Å². The Morgan fingerprint density at radius 3 is 1.55 bits per heavy atom. The summed E-state index contributed by atoms with van der Waals surface area (Å²) in [6.45, 7) is 8.41. The lowest BCUT2D eigenvalue weighted by Gasteiger charge is -2.21. The molecule has 0 radical (unpaired) electrons. The van der Waals surface area contributed by atoms with Crippen LogP contribution in [0.1, 0.15) is 27.8 Å². The van der Waals surface area contributed by atoms with Gasteiger partial charge in [0.2, 0.25) is 10.0 Å². The molecule has 0 aliphatic heterocycles. The van der Waals surface area contributed by atoms with E-state index >= 15 is 0 Å². The summed E-state index contributed by atoms with van der Waals surface area (Å²) in [6.07, 6.45) is 0. The van der Waals surface area contributed by atoms with Crippen LogP contribution >= 0.6 is 0 Å². The Balaban J connectivity index is 3.47. The molecule has 0 heterocycles. The molecule has 1 aromatic carbocycles. The minimum atomic E-state index is -3.78. The summed E-state index contributed by atoms with van der Waals surface area (Å²) >= 11 is 0. The van der Waals surface area contributed by atoms with Gasteiger partial charge >= 0.3 is 0 Å². The third-order valence-electron chi connectivity index (χ3n) is 3.96. The molecule has 20 heavy (non-hydrogen) atoms. The molecule has 0 bridgehead atoms. The number of hydrogen-bond donors (Lipinski definition) is 3.